The summed E-state index contributed by atoms with van der Waals surface area (Å²) in [6.45, 7) is 1.01. The Morgan fingerprint density at radius 1 is 0.552 bits per heavy atom. The van der Waals surface area contributed by atoms with Crippen molar-refractivity contribution in [3.63, 3.8) is 0 Å². The fraction of sp³-hybridized carbons (Fsp3) is 0.227. The van der Waals surface area contributed by atoms with Gasteiger partial charge in [-0.2, -0.15) is 0 Å². The molecular weight excluding hydrogens is 737 g/mol. The third-order valence-electron chi connectivity index (χ3n) is 10.9. The Morgan fingerprint density at radius 2 is 0.914 bits per heavy atom. The first-order valence-electron chi connectivity index (χ1n) is 19.2. The molecule has 2 saturated heterocycles. The highest BCUT2D eigenvalue weighted by Gasteiger charge is 2.38. The van der Waals surface area contributed by atoms with Crippen molar-refractivity contribution in [1.82, 2.24) is 40.4 Å². The van der Waals surface area contributed by atoms with Crippen LogP contribution in [0, 0.1) is 0 Å². The van der Waals surface area contributed by atoms with E-state index in [2.05, 4.69) is 30.6 Å². The number of carboxylic acid groups (broad SMARTS) is 2. The number of nitrogens with zero attached hydrogens (tertiary/aromatic N) is 4. The molecule has 0 aliphatic carbocycles. The number of amides is 4. The lowest BCUT2D eigenvalue weighted by atomic mass is 10.0. The van der Waals surface area contributed by atoms with Crippen LogP contribution in [-0.2, 0) is 9.59 Å². The van der Waals surface area contributed by atoms with E-state index in [1.165, 1.54) is 0 Å². The molecule has 0 radical (unpaired) electrons. The lowest BCUT2D eigenvalue weighted by Gasteiger charge is -2.28. The second-order valence-corrected chi connectivity index (χ2v) is 14.5. The summed E-state index contributed by atoms with van der Waals surface area (Å²) in [6, 6.07) is 31.3. The van der Waals surface area contributed by atoms with Crippen molar-refractivity contribution < 1.29 is 29.4 Å². The van der Waals surface area contributed by atoms with Crippen molar-refractivity contribution in [3.05, 3.63) is 144 Å². The number of carbonyl (C=O) groups excluding carboxylic acids is 2. The Labute approximate surface area is 334 Å². The number of aromatic nitrogens is 4. The van der Waals surface area contributed by atoms with E-state index in [1.54, 1.807) is 70.7 Å². The molecule has 14 heteroatoms. The lowest BCUT2D eigenvalue weighted by molar-refractivity contribution is -0.135. The number of imidazole rings is 2. The number of likely N-dealkylation sites (tertiary alicyclic amines) is 2. The predicted molar refractivity (Wildman–Crippen MR) is 215 cm³/mol. The van der Waals surface area contributed by atoms with Crippen LogP contribution < -0.4 is 10.6 Å². The van der Waals surface area contributed by atoms with Gasteiger partial charge in [0.15, 0.2) is 0 Å². The quantitative estimate of drug-likeness (QED) is 0.0778. The molecule has 58 heavy (non-hydrogen) atoms. The van der Waals surface area contributed by atoms with E-state index >= 15 is 0 Å². The van der Waals surface area contributed by atoms with Gasteiger partial charge in [0.2, 0.25) is 0 Å². The zero-order valence-corrected chi connectivity index (χ0v) is 31.4. The molecule has 0 bridgehead atoms. The molecule has 4 aromatic carbocycles. The summed E-state index contributed by atoms with van der Waals surface area (Å²) in [6.07, 6.45) is 3.97. The summed E-state index contributed by atoms with van der Waals surface area (Å²) >= 11 is 0. The summed E-state index contributed by atoms with van der Waals surface area (Å²) in [5.41, 5.74) is 6.70. The minimum atomic E-state index is -1.26. The average Bonchev–Trinajstić information content (AvgIpc) is 4.09. The van der Waals surface area contributed by atoms with Gasteiger partial charge >= 0.3 is 12.2 Å². The monoisotopic (exact) mass is 778 g/mol. The Hall–Kier alpha value is -7.22. The Kier molecular flexibility index (Phi) is 10.7. The molecule has 14 nitrogen and oxygen atoms in total. The van der Waals surface area contributed by atoms with E-state index in [0.717, 1.165) is 46.5 Å². The van der Waals surface area contributed by atoms with E-state index in [0.29, 0.717) is 48.7 Å². The topological polar surface area (TPSA) is 197 Å². The SMILES string of the molecule is O=C(O)NC(C(=O)N1CCCC1c1ncc(-c2ccc(-c3ccc(-c4cnc([C@@H]5CCCN5C(=O)[C@H](NC(=O)O)c5ccccc5)[nH]4)cc3)cc2)[nH]1)c1ccccc1. The van der Waals surface area contributed by atoms with Gasteiger partial charge in [0.05, 0.1) is 35.9 Å². The van der Waals surface area contributed by atoms with E-state index in [-0.39, 0.29) is 23.9 Å². The highest BCUT2D eigenvalue weighted by Crippen LogP contribution is 2.36. The summed E-state index contributed by atoms with van der Waals surface area (Å²) in [5.74, 6) is 0.690. The molecule has 4 atom stereocenters. The summed E-state index contributed by atoms with van der Waals surface area (Å²) in [4.78, 5) is 70.2. The number of carbonyl (C=O) groups is 4. The van der Waals surface area contributed by atoms with E-state index < -0.39 is 24.3 Å². The molecule has 4 amide bonds. The van der Waals surface area contributed by atoms with E-state index in [9.17, 15) is 29.4 Å². The van der Waals surface area contributed by atoms with Crippen LogP contribution in [0.4, 0.5) is 9.59 Å². The number of benzene rings is 4. The van der Waals surface area contributed by atoms with Crippen LogP contribution in [0.3, 0.4) is 0 Å². The normalized spacial score (nSPS) is 17.4. The number of nitrogens with one attached hydrogen (secondary N) is 4. The maximum absolute atomic E-state index is 13.7. The molecule has 6 N–H and O–H groups in total. The van der Waals surface area contributed by atoms with Crippen LogP contribution in [0.2, 0.25) is 0 Å². The molecule has 4 heterocycles. The van der Waals surface area contributed by atoms with Gasteiger partial charge in [0.25, 0.3) is 11.8 Å². The van der Waals surface area contributed by atoms with E-state index in [4.69, 9.17) is 0 Å². The summed E-state index contributed by atoms with van der Waals surface area (Å²) in [7, 11) is 0. The first-order chi connectivity index (χ1) is 28.2. The van der Waals surface area contributed by atoms with Crippen LogP contribution in [-0.4, -0.2) is 77.0 Å². The molecular formula is C44H42N8O6. The van der Waals surface area contributed by atoms with Gasteiger partial charge in [0.1, 0.15) is 23.7 Å². The molecule has 2 unspecified atom stereocenters. The van der Waals surface area contributed by atoms with Gasteiger partial charge in [-0.25, -0.2) is 19.6 Å². The van der Waals surface area contributed by atoms with Crippen molar-refractivity contribution >= 4 is 24.0 Å². The maximum Gasteiger partial charge on any atom is 0.405 e. The predicted octanol–water partition coefficient (Wildman–Crippen LogP) is 7.48. The fourth-order valence-corrected chi connectivity index (χ4v) is 8.06. The minimum absolute atomic E-state index is 0.306. The first kappa shape index (κ1) is 37.7. The first-order valence-corrected chi connectivity index (χ1v) is 19.2. The van der Waals surface area contributed by atoms with Gasteiger partial charge in [-0.1, -0.05) is 109 Å². The van der Waals surface area contributed by atoms with Crippen molar-refractivity contribution in [2.24, 2.45) is 0 Å². The van der Waals surface area contributed by atoms with Gasteiger partial charge in [-0.05, 0) is 59.1 Å². The molecule has 294 valence electrons. The minimum Gasteiger partial charge on any atom is -0.465 e. The van der Waals surface area contributed by atoms with Crippen molar-refractivity contribution in [2.45, 2.75) is 49.9 Å². The molecule has 2 fully saturated rings. The lowest BCUT2D eigenvalue weighted by Crippen LogP contribution is -2.42. The summed E-state index contributed by atoms with van der Waals surface area (Å²) < 4.78 is 0. The van der Waals surface area contributed by atoms with Gasteiger partial charge in [-0.15, -0.1) is 0 Å². The molecule has 6 aromatic rings. The molecule has 2 aliphatic heterocycles. The number of rotatable bonds is 11. The largest absolute Gasteiger partial charge is 0.465 e. The number of H-pyrrole nitrogens is 2. The van der Waals surface area contributed by atoms with Crippen molar-refractivity contribution in [2.75, 3.05) is 13.1 Å². The summed E-state index contributed by atoms with van der Waals surface area (Å²) in [5, 5.41) is 23.8. The van der Waals surface area contributed by atoms with Crippen LogP contribution in [0.15, 0.2) is 122 Å². The van der Waals surface area contributed by atoms with Crippen molar-refractivity contribution in [3.8, 4) is 33.6 Å². The Balaban J connectivity index is 0.929. The standard InChI is InChI=1S/C44H42N8O6/c53-41(37(49-43(55)56)31-9-3-1-4-10-31)51-23-7-13-35(51)39-45-25-33(47-39)29-19-15-27(16-20-29)28-17-21-30(22-18-28)34-26-46-40(48-34)36-14-8-24-52(36)42(54)38(50-44(57)58)32-11-5-2-6-12-32/h1-6,9-12,15-22,25-26,35-38,49-50H,7-8,13-14,23-24H2,(H,45,47)(H,46,48)(H,55,56)(H,57,58)/t35-,36?,37+,38?/m0/s1. The Bertz CT molecular complexity index is 2230. The molecule has 0 saturated carbocycles. The molecule has 2 aliphatic rings. The van der Waals surface area contributed by atoms with Gasteiger partial charge in [0, 0.05) is 13.1 Å². The third-order valence-corrected chi connectivity index (χ3v) is 10.9. The number of hydrogen-bond acceptors (Lipinski definition) is 6. The number of hydrogen-bond donors (Lipinski definition) is 6. The number of aromatic amines is 2. The van der Waals surface area contributed by atoms with Crippen LogP contribution in [0.5, 0.6) is 0 Å². The maximum atomic E-state index is 13.7. The van der Waals surface area contributed by atoms with E-state index in [1.807, 2.05) is 60.7 Å². The zero-order chi connectivity index (χ0) is 40.2. The second-order valence-electron chi connectivity index (χ2n) is 14.5. The van der Waals surface area contributed by atoms with Crippen LogP contribution >= 0.6 is 0 Å². The van der Waals surface area contributed by atoms with Gasteiger partial charge in [-0.3, -0.25) is 9.59 Å². The smallest absolute Gasteiger partial charge is 0.405 e. The van der Waals surface area contributed by atoms with Crippen molar-refractivity contribution in [1.29, 1.82) is 0 Å². The zero-order valence-electron chi connectivity index (χ0n) is 31.4. The van der Waals surface area contributed by atoms with Crippen LogP contribution in [0.25, 0.3) is 33.6 Å². The fourth-order valence-electron chi connectivity index (χ4n) is 8.06. The third kappa shape index (κ3) is 7.89. The average molecular weight is 779 g/mol. The van der Waals surface area contributed by atoms with Crippen LogP contribution in [0.1, 0.15) is 72.6 Å². The molecule has 0 spiro atoms. The van der Waals surface area contributed by atoms with Gasteiger partial charge < -0.3 is 40.6 Å². The highest BCUT2D eigenvalue weighted by atomic mass is 16.4. The molecule has 8 rings (SSSR count). The molecule has 2 aromatic heterocycles. The second kappa shape index (κ2) is 16.5. The Morgan fingerprint density at radius 3 is 1.28 bits per heavy atom. The highest BCUT2D eigenvalue weighted by molar-refractivity contribution is 5.88.